The molecular weight excluding hydrogens is 480 g/mol. The van der Waals surface area contributed by atoms with Gasteiger partial charge in [0.1, 0.15) is 17.6 Å². The summed E-state index contributed by atoms with van der Waals surface area (Å²) < 4.78 is 3.29. The van der Waals surface area contributed by atoms with Crippen LogP contribution in [0.2, 0.25) is 5.02 Å². The Balaban J connectivity index is 1.59. The van der Waals surface area contributed by atoms with Crippen LogP contribution in [0.15, 0.2) is 82.7 Å². The number of hydrogen-bond acceptors (Lipinski definition) is 4. The third-order valence-electron chi connectivity index (χ3n) is 5.94. The van der Waals surface area contributed by atoms with Crippen molar-refractivity contribution in [1.29, 1.82) is 0 Å². The highest BCUT2D eigenvalue weighted by Crippen LogP contribution is 2.27. The van der Waals surface area contributed by atoms with Crippen molar-refractivity contribution in [3.63, 3.8) is 0 Å². The summed E-state index contributed by atoms with van der Waals surface area (Å²) in [5, 5.41) is 4.39. The van der Waals surface area contributed by atoms with Crippen LogP contribution in [0.5, 0.6) is 0 Å². The summed E-state index contributed by atoms with van der Waals surface area (Å²) in [6.07, 6.45) is 3.54. The Kier molecular flexibility index (Phi) is 6.36. The van der Waals surface area contributed by atoms with Gasteiger partial charge in [-0.15, -0.1) is 11.8 Å². The molecule has 0 fully saturated rings. The molecule has 0 radical (unpaired) electrons. The number of carbonyl (C=O) groups excluding carboxylic acids is 1. The number of anilines is 1. The van der Waals surface area contributed by atoms with E-state index in [1.807, 2.05) is 73.8 Å². The lowest BCUT2D eigenvalue weighted by molar-refractivity contribution is -0.116. The Morgan fingerprint density at radius 3 is 2.71 bits per heavy atom. The minimum Gasteiger partial charge on any atom is -0.325 e. The SMILES string of the molecule is CSc1cccc(NC(=O)Cn2c3ccc(C)cc3c3ncn(Cc4ccccc4Cl)c(=O)c32)c1. The molecule has 2 heterocycles. The second kappa shape index (κ2) is 9.60. The van der Waals surface area contributed by atoms with Gasteiger partial charge in [0.25, 0.3) is 5.56 Å². The Hall–Kier alpha value is -3.55. The smallest absolute Gasteiger partial charge is 0.278 e. The number of fused-ring (bicyclic) bond motifs is 3. The van der Waals surface area contributed by atoms with Crippen LogP contribution in [0.3, 0.4) is 0 Å². The number of rotatable bonds is 6. The second-order valence-corrected chi connectivity index (χ2v) is 9.64. The average molecular weight is 503 g/mol. The third kappa shape index (κ3) is 4.57. The van der Waals surface area contributed by atoms with Crippen LogP contribution in [0, 0.1) is 6.92 Å². The number of nitrogens with one attached hydrogen (secondary N) is 1. The Bertz CT molecular complexity index is 1640. The quantitative estimate of drug-likeness (QED) is 0.301. The number of thioether (sulfide) groups is 1. The van der Waals surface area contributed by atoms with Gasteiger partial charge in [0.05, 0.1) is 18.4 Å². The van der Waals surface area contributed by atoms with Crippen molar-refractivity contribution in [1.82, 2.24) is 14.1 Å². The molecule has 3 aromatic carbocycles. The van der Waals surface area contributed by atoms with E-state index in [1.165, 1.54) is 4.57 Å². The first-order chi connectivity index (χ1) is 16.9. The molecule has 0 atom stereocenters. The highest BCUT2D eigenvalue weighted by Gasteiger charge is 2.19. The molecule has 35 heavy (non-hydrogen) atoms. The first-order valence-electron chi connectivity index (χ1n) is 11.1. The van der Waals surface area contributed by atoms with E-state index in [4.69, 9.17) is 11.6 Å². The van der Waals surface area contributed by atoms with Crippen LogP contribution in [0.4, 0.5) is 5.69 Å². The van der Waals surface area contributed by atoms with Crippen molar-refractivity contribution in [2.75, 3.05) is 11.6 Å². The van der Waals surface area contributed by atoms with Gasteiger partial charge in [-0.25, -0.2) is 4.98 Å². The van der Waals surface area contributed by atoms with E-state index in [9.17, 15) is 9.59 Å². The number of carbonyl (C=O) groups is 1. The van der Waals surface area contributed by atoms with E-state index < -0.39 is 0 Å². The van der Waals surface area contributed by atoms with Gasteiger partial charge in [-0.2, -0.15) is 0 Å². The number of nitrogens with zero attached hydrogens (tertiary/aromatic N) is 3. The minimum absolute atomic E-state index is 0.0143. The number of hydrogen-bond donors (Lipinski definition) is 1. The zero-order chi connectivity index (χ0) is 24.5. The van der Waals surface area contributed by atoms with Crippen molar-refractivity contribution >= 4 is 56.9 Å². The maximum Gasteiger partial charge on any atom is 0.278 e. The first kappa shape index (κ1) is 23.2. The van der Waals surface area contributed by atoms with E-state index in [-0.39, 0.29) is 24.6 Å². The molecule has 5 rings (SSSR count). The lowest BCUT2D eigenvalue weighted by atomic mass is 10.1. The van der Waals surface area contributed by atoms with Crippen LogP contribution in [-0.4, -0.2) is 26.3 Å². The lowest BCUT2D eigenvalue weighted by Crippen LogP contribution is -2.25. The molecule has 0 bridgehead atoms. The van der Waals surface area contributed by atoms with Gasteiger partial charge in [0.15, 0.2) is 0 Å². The zero-order valence-corrected chi connectivity index (χ0v) is 20.9. The zero-order valence-electron chi connectivity index (χ0n) is 19.3. The number of amides is 1. The molecule has 0 unspecified atom stereocenters. The first-order valence-corrected chi connectivity index (χ1v) is 12.7. The van der Waals surface area contributed by atoms with Gasteiger partial charge >= 0.3 is 0 Å². The van der Waals surface area contributed by atoms with E-state index in [1.54, 1.807) is 28.7 Å². The third-order valence-corrected chi connectivity index (χ3v) is 7.03. The van der Waals surface area contributed by atoms with Gasteiger partial charge in [-0.1, -0.05) is 47.5 Å². The molecule has 0 saturated heterocycles. The Labute approximate surface area is 211 Å². The molecule has 5 aromatic rings. The summed E-state index contributed by atoms with van der Waals surface area (Å²) in [5.41, 5.74) is 4.14. The van der Waals surface area contributed by atoms with Gasteiger partial charge < -0.3 is 9.88 Å². The maximum absolute atomic E-state index is 13.7. The van der Waals surface area contributed by atoms with Gasteiger partial charge in [0, 0.05) is 21.0 Å². The van der Waals surface area contributed by atoms with Crippen molar-refractivity contribution in [3.05, 3.63) is 99.6 Å². The van der Waals surface area contributed by atoms with E-state index >= 15 is 0 Å². The predicted octanol–water partition coefficient (Wildman–Crippen LogP) is 5.72. The van der Waals surface area contributed by atoms with Crippen LogP contribution in [0.25, 0.3) is 21.9 Å². The number of benzene rings is 3. The van der Waals surface area contributed by atoms with Gasteiger partial charge in [-0.05, 0) is 55.1 Å². The largest absolute Gasteiger partial charge is 0.325 e. The maximum atomic E-state index is 13.7. The number of aryl methyl sites for hydroxylation is 1. The molecule has 8 heteroatoms. The van der Waals surface area contributed by atoms with E-state index in [0.29, 0.717) is 21.7 Å². The summed E-state index contributed by atoms with van der Waals surface area (Å²) in [7, 11) is 0. The topological polar surface area (TPSA) is 68.9 Å². The lowest BCUT2D eigenvalue weighted by Gasteiger charge is -2.11. The number of halogens is 1. The fraction of sp³-hybridized carbons (Fsp3) is 0.148. The normalized spacial score (nSPS) is 11.3. The molecule has 0 aliphatic carbocycles. The molecule has 0 saturated carbocycles. The molecule has 1 N–H and O–H groups in total. The molecule has 0 aliphatic heterocycles. The fourth-order valence-electron chi connectivity index (χ4n) is 4.25. The van der Waals surface area contributed by atoms with Gasteiger partial charge in [-0.3, -0.25) is 14.2 Å². The van der Waals surface area contributed by atoms with Gasteiger partial charge in [0.2, 0.25) is 5.91 Å². The molecular formula is C27H23ClN4O2S. The van der Waals surface area contributed by atoms with Crippen LogP contribution >= 0.6 is 23.4 Å². The second-order valence-electron chi connectivity index (χ2n) is 8.35. The van der Waals surface area contributed by atoms with Crippen LogP contribution in [0.1, 0.15) is 11.1 Å². The van der Waals surface area contributed by atoms with Crippen LogP contribution in [-0.2, 0) is 17.9 Å². The summed E-state index contributed by atoms with van der Waals surface area (Å²) in [6.45, 7) is 2.27. The van der Waals surface area contributed by atoms with Crippen molar-refractivity contribution < 1.29 is 4.79 Å². The molecule has 6 nitrogen and oxygen atoms in total. The minimum atomic E-state index is -0.221. The summed E-state index contributed by atoms with van der Waals surface area (Å²) in [6, 6.07) is 21.0. The highest BCUT2D eigenvalue weighted by molar-refractivity contribution is 7.98. The molecule has 176 valence electrons. The summed E-state index contributed by atoms with van der Waals surface area (Å²) >= 11 is 7.94. The van der Waals surface area contributed by atoms with Crippen molar-refractivity contribution in [2.24, 2.45) is 0 Å². The van der Waals surface area contributed by atoms with Crippen molar-refractivity contribution in [2.45, 2.75) is 24.9 Å². The highest BCUT2D eigenvalue weighted by atomic mass is 35.5. The fourth-order valence-corrected chi connectivity index (χ4v) is 4.90. The number of aromatic nitrogens is 3. The molecule has 0 aliphatic rings. The molecule has 2 aromatic heterocycles. The summed E-state index contributed by atoms with van der Waals surface area (Å²) in [4.78, 5) is 32.4. The van der Waals surface area contributed by atoms with Crippen LogP contribution < -0.4 is 10.9 Å². The monoisotopic (exact) mass is 502 g/mol. The summed E-state index contributed by atoms with van der Waals surface area (Å²) in [5.74, 6) is -0.219. The Morgan fingerprint density at radius 2 is 1.91 bits per heavy atom. The molecule has 0 spiro atoms. The van der Waals surface area contributed by atoms with Crippen molar-refractivity contribution in [3.8, 4) is 0 Å². The standard InChI is InChI=1S/C27H23ClN4O2S/c1-17-10-11-23-21(12-17)25-26(27(34)31(16-29-25)14-18-6-3-4-9-22(18)28)32(23)15-24(33)30-19-7-5-8-20(13-19)35-2/h3-13,16H,14-15H2,1-2H3,(H,30,33). The Morgan fingerprint density at radius 1 is 1.09 bits per heavy atom. The molecule has 1 amide bonds. The van der Waals surface area contributed by atoms with E-state index in [2.05, 4.69) is 10.3 Å². The predicted molar refractivity (Wildman–Crippen MR) is 144 cm³/mol. The van der Waals surface area contributed by atoms with E-state index in [0.717, 1.165) is 26.9 Å². The average Bonchev–Trinajstić information content (AvgIpc) is 3.15.